The fraction of sp³-hybridized carbons (Fsp3) is 0.227. The van der Waals surface area contributed by atoms with Crippen molar-refractivity contribution in [2.75, 3.05) is 30.5 Å². The minimum atomic E-state index is -0.483. The van der Waals surface area contributed by atoms with E-state index in [9.17, 15) is 9.59 Å². The zero-order chi connectivity index (χ0) is 20.8. The summed E-state index contributed by atoms with van der Waals surface area (Å²) in [6, 6.07) is 16.5. The standard InChI is InChI=1S/C22H24N4O2S/c1-15(22(28)25-18-11-6-10-17-16(18)8-7-13-23-17)26(2)14-21(27)24-19-9-4-5-12-20(19)29-3/h4-13,15H,14H2,1-3H3,(H,24,27)(H,25,28)/t15-/m1/s1. The van der Waals surface area contributed by atoms with Gasteiger partial charge < -0.3 is 10.6 Å². The van der Waals surface area contributed by atoms with E-state index in [2.05, 4.69) is 15.6 Å². The van der Waals surface area contributed by atoms with Crippen LogP contribution in [0.5, 0.6) is 0 Å². The second-order valence-corrected chi connectivity index (χ2v) is 7.55. The number of hydrogen-bond acceptors (Lipinski definition) is 5. The second-order valence-electron chi connectivity index (χ2n) is 6.70. The maximum Gasteiger partial charge on any atom is 0.241 e. The maximum absolute atomic E-state index is 12.7. The molecule has 0 radical (unpaired) electrons. The van der Waals surface area contributed by atoms with Crippen LogP contribution in [0.2, 0.25) is 0 Å². The van der Waals surface area contributed by atoms with E-state index in [1.54, 1.807) is 36.8 Å². The molecule has 1 atom stereocenters. The van der Waals surface area contributed by atoms with Gasteiger partial charge in [0.15, 0.2) is 0 Å². The molecule has 0 aliphatic carbocycles. The molecule has 0 saturated carbocycles. The molecule has 150 valence electrons. The summed E-state index contributed by atoms with van der Waals surface area (Å²) in [5.41, 5.74) is 2.30. The Balaban J connectivity index is 1.62. The first-order chi connectivity index (χ1) is 14.0. The molecule has 3 aromatic rings. The van der Waals surface area contributed by atoms with E-state index < -0.39 is 6.04 Å². The predicted octanol–water partition coefficient (Wildman–Crippen LogP) is 3.85. The highest BCUT2D eigenvalue weighted by atomic mass is 32.2. The number of anilines is 2. The lowest BCUT2D eigenvalue weighted by atomic mass is 10.1. The molecule has 0 aliphatic rings. The molecule has 0 spiro atoms. The van der Waals surface area contributed by atoms with Gasteiger partial charge in [-0.15, -0.1) is 11.8 Å². The third-order valence-electron chi connectivity index (χ3n) is 4.72. The molecule has 0 saturated heterocycles. The van der Waals surface area contributed by atoms with Crippen molar-refractivity contribution in [3.05, 3.63) is 60.8 Å². The summed E-state index contributed by atoms with van der Waals surface area (Å²) in [4.78, 5) is 32.2. The van der Waals surface area contributed by atoms with Gasteiger partial charge in [-0.05, 0) is 56.6 Å². The van der Waals surface area contributed by atoms with Gasteiger partial charge in [0.05, 0.1) is 29.5 Å². The van der Waals surface area contributed by atoms with Gasteiger partial charge in [0.1, 0.15) is 0 Å². The van der Waals surface area contributed by atoms with Gasteiger partial charge in [-0.1, -0.05) is 18.2 Å². The zero-order valence-corrected chi connectivity index (χ0v) is 17.5. The third-order valence-corrected chi connectivity index (χ3v) is 5.51. The Hall–Kier alpha value is -2.90. The fourth-order valence-electron chi connectivity index (χ4n) is 2.95. The summed E-state index contributed by atoms with van der Waals surface area (Å²) in [7, 11) is 1.76. The summed E-state index contributed by atoms with van der Waals surface area (Å²) < 4.78 is 0. The quantitative estimate of drug-likeness (QED) is 0.581. The van der Waals surface area contributed by atoms with E-state index >= 15 is 0 Å². The van der Waals surface area contributed by atoms with Gasteiger partial charge in [-0.2, -0.15) is 0 Å². The van der Waals surface area contributed by atoms with Crippen molar-refractivity contribution < 1.29 is 9.59 Å². The van der Waals surface area contributed by atoms with Crippen molar-refractivity contribution in [2.45, 2.75) is 17.9 Å². The van der Waals surface area contributed by atoms with Crippen molar-refractivity contribution in [1.82, 2.24) is 9.88 Å². The first-order valence-electron chi connectivity index (χ1n) is 9.27. The van der Waals surface area contributed by atoms with Crippen LogP contribution in [0.25, 0.3) is 10.9 Å². The third kappa shape index (κ3) is 5.13. The molecule has 2 amide bonds. The molecule has 0 unspecified atom stereocenters. The number of carbonyl (C=O) groups excluding carboxylic acids is 2. The monoisotopic (exact) mass is 408 g/mol. The number of amides is 2. The normalized spacial score (nSPS) is 12.0. The first-order valence-corrected chi connectivity index (χ1v) is 10.5. The molecule has 0 bridgehead atoms. The molecule has 3 rings (SSSR count). The summed E-state index contributed by atoms with van der Waals surface area (Å²) in [6.45, 7) is 1.89. The molecule has 29 heavy (non-hydrogen) atoms. The topological polar surface area (TPSA) is 74.3 Å². The molecule has 2 aromatic carbocycles. The highest BCUT2D eigenvalue weighted by molar-refractivity contribution is 7.98. The summed E-state index contributed by atoms with van der Waals surface area (Å²) in [6.07, 6.45) is 3.68. The van der Waals surface area contributed by atoms with E-state index in [4.69, 9.17) is 0 Å². The number of rotatable bonds is 7. The van der Waals surface area contributed by atoms with Gasteiger partial charge >= 0.3 is 0 Å². The Labute approximate surface area is 174 Å². The van der Waals surface area contributed by atoms with Crippen molar-refractivity contribution in [2.24, 2.45) is 0 Å². The van der Waals surface area contributed by atoms with Crippen molar-refractivity contribution in [3.8, 4) is 0 Å². The smallest absolute Gasteiger partial charge is 0.241 e. The lowest BCUT2D eigenvalue weighted by Gasteiger charge is -2.23. The summed E-state index contributed by atoms with van der Waals surface area (Å²) >= 11 is 1.57. The minimum absolute atomic E-state index is 0.106. The van der Waals surface area contributed by atoms with Gasteiger partial charge in [0, 0.05) is 16.5 Å². The van der Waals surface area contributed by atoms with Crippen LogP contribution in [0.3, 0.4) is 0 Å². The number of aromatic nitrogens is 1. The van der Waals surface area contributed by atoms with Gasteiger partial charge in [-0.3, -0.25) is 19.5 Å². The first kappa shape index (κ1) is 20.8. The Morgan fingerprint density at radius 1 is 1.03 bits per heavy atom. The number of carbonyl (C=O) groups is 2. The molecular formula is C22H24N4O2S. The number of nitrogens with zero attached hydrogens (tertiary/aromatic N) is 2. The number of nitrogens with one attached hydrogen (secondary N) is 2. The highest BCUT2D eigenvalue weighted by Crippen LogP contribution is 2.24. The second kappa shape index (κ2) is 9.54. The zero-order valence-electron chi connectivity index (χ0n) is 16.7. The van der Waals surface area contributed by atoms with Crippen LogP contribution in [0.4, 0.5) is 11.4 Å². The average molecular weight is 409 g/mol. The largest absolute Gasteiger partial charge is 0.324 e. The van der Waals surface area contributed by atoms with Crippen LogP contribution >= 0.6 is 11.8 Å². The fourth-order valence-corrected chi connectivity index (χ4v) is 3.50. The summed E-state index contributed by atoms with van der Waals surface area (Å²) in [5.74, 6) is -0.343. The molecule has 1 aromatic heterocycles. The van der Waals surface area contributed by atoms with Gasteiger partial charge in [0.2, 0.25) is 11.8 Å². The maximum atomic E-state index is 12.7. The summed E-state index contributed by atoms with van der Waals surface area (Å²) in [5, 5.41) is 6.75. The molecule has 1 heterocycles. The van der Waals surface area contributed by atoms with Crippen LogP contribution in [0, 0.1) is 0 Å². The van der Waals surface area contributed by atoms with E-state index in [1.807, 2.05) is 60.9 Å². The number of pyridine rings is 1. The van der Waals surface area contributed by atoms with E-state index in [0.29, 0.717) is 5.69 Å². The number of likely N-dealkylation sites (N-methyl/N-ethyl adjacent to an activating group) is 1. The van der Waals surface area contributed by atoms with E-state index in [1.165, 1.54) is 0 Å². The number of benzene rings is 2. The number of thioether (sulfide) groups is 1. The predicted molar refractivity (Wildman–Crippen MR) is 119 cm³/mol. The minimum Gasteiger partial charge on any atom is -0.324 e. The van der Waals surface area contributed by atoms with E-state index in [-0.39, 0.29) is 18.4 Å². The molecule has 6 nitrogen and oxygen atoms in total. The van der Waals surface area contributed by atoms with Gasteiger partial charge in [-0.25, -0.2) is 0 Å². The molecular weight excluding hydrogens is 384 g/mol. The Morgan fingerprint density at radius 3 is 2.59 bits per heavy atom. The van der Waals surface area contributed by atoms with Crippen LogP contribution in [0.1, 0.15) is 6.92 Å². The molecule has 0 aliphatic heterocycles. The molecule has 2 N–H and O–H groups in total. The van der Waals surface area contributed by atoms with Crippen LogP contribution in [-0.4, -0.2) is 47.6 Å². The number of hydrogen-bond donors (Lipinski definition) is 2. The highest BCUT2D eigenvalue weighted by Gasteiger charge is 2.21. The number of para-hydroxylation sites is 1. The Kier molecular flexibility index (Phi) is 6.85. The lowest BCUT2D eigenvalue weighted by Crippen LogP contribution is -2.43. The van der Waals surface area contributed by atoms with Crippen LogP contribution < -0.4 is 10.6 Å². The molecule has 0 fully saturated rings. The Bertz CT molecular complexity index is 1020. The SMILES string of the molecule is CSc1ccccc1NC(=O)CN(C)[C@H](C)C(=O)Nc1cccc2ncccc12. The number of fused-ring (bicyclic) bond motifs is 1. The molecule has 7 heteroatoms. The average Bonchev–Trinajstić information content (AvgIpc) is 2.73. The Morgan fingerprint density at radius 2 is 1.79 bits per heavy atom. The van der Waals surface area contributed by atoms with Crippen molar-refractivity contribution in [3.63, 3.8) is 0 Å². The van der Waals surface area contributed by atoms with E-state index in [0.717, 1.165) is 21.5 Å². The van der Waals surface area contributed by atoms with Crippen molar-refractivity contribution in [1.29, 1.82) is 0 Å². The lowest BCUT2D eigenvalue weighted by molar-refractivity contribution is -0.122. The van der Waals surface area contributed by atoms with Crippen LogP contribution in [-0.2, 0) is 9.59 Å². The van der Waals surface area contributed by atoms with Crippen LogP contribution in [0.15, 0.2) is 65.7 Å². The van der Waals surface area contributed by atoms with Crippen molar-refractivity contribution >= 4 is 45.9 Å². The van der Waals surface area contributed by atoms with Gasteiger partial charge in [0.25, 0.3) is 0 Å².